The van der Waals surface area contributed by atoms with Gasteiger partial charge in [-0.1, -0.05) is 6.92 Å². The smallest absolute Gasteiger partial charge is 0.315 e. The number of urea groups is 1. The highest BCUT2D eigenvalue weighted by molar-refractivity contribution is 7.98. The first-order valence-electron chi connectivity index (χ1n) is 5.67. The number of thioether (sulfide) groups is 1. The Kier molecular flexibility index (Phi) is 8.47. The van der Waals surface area contributed by atoms with Crippen LogP contribution in [-0.4, -0.2) is 41.8 Å². The number of amides is 2. The van der Waals surface area contributed by atoms with Crippen molar-refractivity contribution in [1.29, 1.82) is 0 Å². The first-order chi connectivity index (χ1) is 7.45. The normalized spacial score (nSPS) is 16.3. The zero-order chi connectivity index (χ0) is 12.6. The Morgan fingerprint density at radius 3 is 2.50 bits per heavy atom. The number of rotatable bonds is 7. The summed E-state index contributed by atoms with van der Waals surface area (Å²) in [6.07, 6.45) is 2.41. The molecule has 0 aromatic carbocycles. The van der Waals surface area contributed by atoms with Gasteiger partial charge in [0.1, 0.15) is 0 Å². The van der Waals surface area contributed by atoms with Crippen LogP contribution in [0.3, 0.4) is 0 Å². The van der Waals surface area contributed by atoms with Crippen LogP contribution >= 0.6 is 11.8 Å². The van der Waals surface area contributed by atoms with Crippen molar-refractivity contribution in [2.24, 2.45) is 5.92 Å². The van der Waals surface area contributed by atoms with Crippen LogP contribution in [0.15, 0.2) is 0 Å². The van der Waals surface area contributed by atoms with Crippen molar-refractivity contribution in [1.82, 2.24) is 10.6 Å². The minimum Gasteiger partial charge on any atom is -0.393 e. The van der Waals surface area contributed by atoms with Crippen molar-refractivity contribution in [2.45, 2.75) is 39.3 Å². The summed E-state index contributed by atoms with van der Waals surface area (Å²) in [6.45, 7) is 6.35. The zero-order valence-corrected chi connectivity index (χ0v) is 11.4. The molecule has 0 saturated carbocycles. The lowest BCUT2D eigenvalue weighted by Crippen LogP contribution is -2.43. The van der Waals surface area contributed by atoms with Gasteiger partial charge in [0.15, 0.2) is 0 Å². The Morgan fingerprint density at radius 2 is 2.00 bits per heavy atom. The molecule has 0 aliphatic heterocycles. The highest BCUT2D eigenvalue weighted by Crippen LogP contribution is 2.03. The van der Waals surface area contributed by atoms with Gasteiger partial charge in [0.25, 0.3) is 0 Å². The highest BCUT2D eigenvalue weighted by Gasteiger charge is 2.09. The van der Waals surface area contributed by atoms with Crippen LogP contribution in [0.4, 0.5) is 4.79 Å². The van der Waals surface area contributed by atoms with Gasteiger partial charge >= 0.3 is 6.03 Å². The Morgan fingerprint density at radius 1 is 1.38 bits per heavy atom. The van der Waals surface area contributed by atoms with Crippen molar-refractivity contribution in [2.75, 3.05) is 18.6 Å². The molecule has 0 heterocycles. The molecule has 0 spiro atoms. The lowest BCUT2D eigenvalue weighted by molar-refractivity contribution is 0.163. The third-order valence-corrected chi connectivity index (χ3v) is 2.98. The summed E-state index contributed by atoms with van der Waals surface area (Å²) in [5, 5.41) is 14.8. The molecule has 0 saturated heterocycles. The molecule has 96 valence electrons. The predicted octanol–water partition coefficient (Wildman–Crippen LogP) is 1.44. The second-order valence-electron chi connectivity index (χ2n) is 4.40. The summed E-state index contributed by atoms with van der Waals surface area (Å²) < 4.78 is 0. The summed E-state index contributed by atoms with van der Waals surface area (Å²) >= 11 is 1.71. The molecular formula is C11H24N2O2S. The van der Waals surface area contributed by atoms with Gasteiger partial charge in [-0.2, -0.15) is 11.8 Å². The molecule has 0 rings (SSSR count). The predicted molar refractivity (Wildman–Crippen MR) is 69.8 cm³/mol. The third kappa shape index (κ3) is 8.85. The van der Waals surface area contributed by atoms with Gasteiger partial charge < -0.3 is 15.7 Å². The Balaban J connectivity index is 3.64. The number of nitrogens with one attached hydrogen (secondary N) is 2. The molecule has 2 amide bonds. The summed E-state index contributed by atoms with van der Waals surface area (Å²) in [5.41, 5.74) is 0. The molecule has 0 aromatic rings. The second kappa shape index (κ2) is 8.70. The summed E-state index contributed by atoms with van der Waals surface area (Å²) in [6, 6.07) is 0.0565. The van der Waals surface area contributed by atoms with Crippen LogP contribution in [0, 0.1) is 5.92 Å². The standard InChI is InChI=1S/C11H24N2O2S/c1-8(5-10(3)14)6-12-11(15)13-9(2)7-16-4/h8-10,14H,5-7H2,1-4H3,(H2,12,13,15). The van der Waals surface area contributed by atoms with Crippen LogP contribution in [-0.2, 0) is 0 Å². The first-order valence-corrected chi connectivity index (χ1v) is 7.06. The number of carbonyl (C=O) groups is 1. The van der Waals surface area contributed by atoms with E-state index in [2.05, 4.69) is 10.6 Å². The minimum atomic E-state index is -0.310. The maximum Gasteiger partial charge on any atom is 0.315 e. The summed E-state index contributed by atoms with van der Waals surface area (Å²) in [5.74, 6) is 1.21. The maximum absolute atomic E-state index is 11.4. The largest absolute Gasteiger partial charge is 0.393 e. The molecule has 0 aliphatic carbocycles. The fraction of sp³-hybridized carbons (Fsp3) is 0.909. The molecule has 3 N–H and O–H groups in total. The van der Waals surface area contributed by atoms with E-state index in [1.54, 1.807) is 18.7 Å². The van der Waals surface area contributed by atoms with Gasteiger partial charge in [0.2, 0.25) is 0 Å². The van der Waals surface area contributed by atoms with Crippen LogP contribution < -0.4 is 10.6 Å². The van der Waals surface area contributed by atoms with Gasteiger partial charge in [-0.25, -0.2) is 4.79 Å². The average Bonchev–Trinajstić information content (AvgIpc) is 2.14. The summed E-state index contributed by atoms with van der Waals surface area (Å²) in [7, 11) is 0. The van der Waals surface area contributed by atoms with E-state index in [0.29, 0.717) is 18.9 Å². The molecule has 0 bridgehead atoms. The SMILES string of the molecule is CSCC(C)NC(=O)NCC(C)CC(C)O. The van der Waals surface area contributed by atoms with Crippen molar-refractivity contribution in [3.8, 4) is 0 Å². The van der Waals surface area contributed by atoms with E-state index in [-0.39, 0.29) is 18.2 Å². The molecule has 0 radical (unpaired) electrons. The molecule has 0 aromatic heterocycles. The fourth-order valence-electron chi connectivity index (χ4n) is 1.50. The molecule has 3 unspecified atom stereocenters. The lowest BCUT2D eigenvalue weighted by Gasteiger charge is -2.17. The van der Waals surface area contributed by atoms with E-state index in [1.807, 2.05) is 20.1 Å². The van der Waals surface area contributed by atoms with Gasteiger partial charge in [-0.3, -0.25) is 0 Å². The highest BCUT2D eigenvalue weighted by atomic mass is 32.2. The topological polar surface area (TPSA) is 61.4 Å². The Hall–Kier alpha value is -0.420. The number of aliphatic hydroxyl groups excluding tert-OH is 1. The van der Waals surface area contributed by atoms with Crippen LogP contribution in [0.2, 0.25) is 0 Å². The minimum absolute atomic E-state index is 0.126. The van der Waals surface area contributed by atoms with E-state index in [1.165, 1.54) is 0 Å². The quantitative estimate of drug-likeness (QED) is 0.639. The Bertz CT molecular complexity index is 200. The van der Waals surface area contributed by atoms with Gasteiger partial charge in [0, 0.05) is 18.3 Å². The molecule has 16 heavy (non-hydrogen) atoms. The van der Waals surface area contributed by atoms with E-state index in [4.69, 9.17) is 0 Å². The van der Waals surface area contributed by atoms with Crippen molar-refractivity contribution in [3.05, 3.63) is 0 Å². The van der Waals surface area contributed by atoms with E-state index >= 15 is 0 Å². The van der Waals surface area contributed by atoms with Gasteiger partial charge in [-0.15, -0.1) is 0 Å². The molecule has 5 heteroatoms. The maximum atomic E-state index is 11.4. The molecule has 0 aliphatic rings. The number of carbonyl (C=O) groups excluding carboxylic acids is 1. The number of hydrogen-bond acceptors (Lipinski definition) is 3. The summed E-state index contributed by atoms with van der Waals surface area (Å²) in [4.78, 5) is 11.4. The van der Waals surface area contributed by atoms with Gasteiger partial charge in [-0.05, 0) is 32.4 Å². The van der Waals surface area contributed by atoms with Crippen LogP contribution in [0.1, 0.15) is 27.2 Å². The zero-order valence-electron chi connectivity index (χ0n) is 10.6. The van der Waals surface area contributed by atoms with Gasteiger partial charge in [0.05, 0.1) is 6.10 Å². The lowest BCUT2D eigenvalue weighted by atomic mass is 10.1. The van der Waals surface area contributed by atoms with Crippen LogP contribution in [0.25, 0.3) is 0 Å². The molecule has 3 atom stereocenters. The Labute approximate surface area is 103 Å². The van der Waals surface area contributed by atoms with Crippen molar-refractivity contribution in [3.63, 3.8) is 0 Å². The first kappa shape index (κ1) is 15.6. The van der Waals surface area contributed by atoms with Crippen molar-refractivity contribution >= 4 is 17.8 Å². The van der Waals surface area contributed by atoms with Crippen LogP contribution in [0.5, 0.6) is 0 Å². The molecule has 0 fully saturated rings. The second-order valence-corrected chi connectivity index (χ2v) is 5.31. The average molecular weight is 248 g/mol. The molecule has 4 nitrogen and oxygen atoms in total. The molecular weight excluding hydrogens is 224 g/mol. The monoisotopic (exact) mass is 248 g/mol. The number of aliphatic hydroxyl groups is 1. The third-order valence-electron chi connectivity index (χ3n) is 2.15. The fourth-order valence-corrected chi connectivity index (χ4v) is 2.08. The van der Waals surface area contributed by atoms with E-state index in [9.17, 15) is 9.90 Å². The van der Waals surface area contributed by atoms with Crippen molar-refractivity contribution < 1.29 is 9.90 Å². The van der Waals surface area contributed by atoms with E-state index in [0.717, 1.165) is 5.75 Å². The van der Waals surface area contributed by atoms with E-state index < -0.39 is 0 Å². The number of hydrogen-bond donors (Lipinski definition) is 3.